The van der Waals surface area contributed by atoms with Crippen molar-refractivity contribution in [2.75, 3.05) is 0 Å². The molecule has 4 aromatic rings. The van der Waals surface area contributed by atoms with E-state index in [1.807, 2.05) is 48.7 Å². The maximum Gasteiger partial charge on any atom is 0.165 e. The lowest BCUT2D eigenvalue weighted by Crippen LogP contribution is -1.92. The van der Waals surface area contributed by atoms with Gasteiger partial charge in [0.2, 0.25) is 0 Å². The summed E-state index contributed by atoms with van der Waals surface area (Å²) in [5, 5.41) is 9.56. The van der Waals surface area contributed by atoms with Crippen molar-refractivity contribution in [2.45, 2.75) is 13.8 Å². The molecule has 4 rings (SSSR count). The predicted octanol–water partition coefficient (Wildman–Crippen LogP) is 3.52. The Hall–Kier alpha value is -2.93. The van der Waals surface area contributed by atoms with E-state index < -0.39 is 0 Å². The van der Waals surface area contributed by atoms with Gasteiger partial charge in [0.25, 0.3) is 0 Å². The summed E-state index contributed by atoms with van der Waals surface area (Å²) >= 11 is 0. The van der Waals surface area contributed by atoms with Crippen LogP contribution in [0.2, 0.25) is 0 Å². The number of benzene rings is 1. The highest BCUT2D eigenvalue weighted by molar-refractivity contribution is 5.95. The molecule has 0 aliphatic heterocycles. The zero-order valence-electron chi connectivity index (χ0n) is 11.8. The molecule has 21 heavy (non-hydrogen) atoms. The minimum absolute atomic E-state index is 0.598. The quantitative estimate of drug-likeness (QED) is 0.492. The van der Waals surface area contributed by atoms with Crippen molar-refractivity contribution in [1.82, 2.24) is 14.4 Å². The first kappa shape index (κ1) is 11.9. The molecule has 100 valence electrons. The van der Waals surface area contributed by atoms with E-state index in [9.17, 15) is 5.26 Å². The van der Waals surface area contributed by atoms with Crippen LogP contribution in [0.1, 0.15) is 16.7 Å². The van der Waals surface area contributed by atoms with Crippen molar-refractivity contribution in [3.63, 3.8) is 0 Å². The fraction of sp³-hybridized carbons (Fsp3) is 0.118. The summed E-state index contributed by atoms with van der Waals surface area (Å²) < 4.78 is 1.98. The first-order chi connectivity index (χ1) is 10.2. The average Bonchev–Trinajstić information content (AvgIpc) is 2.78. The van der Waals surface area contributed by atoms with Crippen LogP contribution in [0, 0.1) is 25.2 Å². The van der Waals surface area contributed by atoms with Crippen LogP contribution < -0.4 is 0 Å². The molecule has 0 bridgehead atoms. The van der Waals surface area contributed by atoms with Crippen molar-refractivity contribution in [2.24, 2.45) is 0 Å². The van der Waals surface area contributed by atoms with Crippen molar-refractivity contribution in [3.8, 4) is 6.07 Å². The van der Waals surface area contributed by atoms with Gasteiger partial charge in [0.05, 0.1) is 16.6 Å². The van der Waals surface area contributed by atoms with E-state index in [4.69, 9.17) is 4.98 Å². The fourth-order valence-corrected chi connectivity index (χ4v) is 2.93. The normalized spacial score (nSPS) is 11.3. The van der Waals surface area contributed by atoms with Gasteiger partial charge in [-0.1, -0.05) is 18.2 Å². The number of aromatic nitrogens is 3. The SMILES string of the molecule is Cc1cc(C)c2c(C#N)c3nc4ccccc4nc3n2c1. The summed E-state index contributed by atoms with van der Waals surface area (Å²) in [6.07, 6.45) is 2.01. The average molecular weight is 272 g/mol. The molecule has 0 atom stereocenters. The predicted molar refractivity (Wildman–Crippen MR) is 82.2 cm³/mol. The Kier molecular flexibility index (Phi) is 2.28. The lowest BCUT2D eigenvalue weighted by Gasteiger charge is -2.02. The largest absolute Gasteiger partial charge is 0.298 e. The Morgan fingerprint density at radius 1 is 1.10 bits per heavy atom. The van der Waals surface area contributed by atoms with Crippen LogP contribution in [0.15, 0.2) is 36.5 Å². The van der Waals surface area contributed by atoms with E-state index in [0.717, 1.165) is 33.3 Å². The number of fused-ring (bicyclic) bond motifs is 4. The van der Waals surface area contributed by atoms with Gasteiger partial charge in [-0.05, 0) is 37.1 Å². The van der Waals surface area contributed by atoms with Gasteiger partial charge >= 0.3 is 0 Å². The van der Waals surface area contributed by atoms with Crippen LogP contribution in [0.4, 0.5) is 0 Å². The number of pyridine rings is 1. The Balaban J connectivity index is 2.34. The Bertz CT molecular complexity index is 1070. The van der Waals surface area contributed by atoms with Gasteiger partial charge < -0.3 is 0 Å². The van der Waals surface area contributed by atoms with E-state index >= 15 is 0 Å². The molecule has 0 aliphatic carbocycles. The third-order valence-electron chi connectivity index (χ3n) is 3.76. The monoisotopic (exact) mass is 272 g/mol. The van der Waals surface area contributed by atoms with Crippen LogP contribution in [0.5, 0.6) is 0 Å². The maximum absolute atomic E-state index is 9.56. The van der Waals surface area contributed by atoms with Gasteiger partial charge in [-0.15, -0.1) is 0 Å². The molecule has 0 aliphatic rings. The summed E-state index contributed by atoms with van der Waals surface area (Å²) in [6, 6.07) is 12.1. The van der Waals surface area contributed by atoms with E-state index in [1.165, 1.54) is 0 Å². The van der Waals surface area contributed by atoms with Crippen LogP contribution in [-0.4, -0.2) is 14.4 Å². The van der Waals surface area contributed by atoms with Crippen LogP contribution >= 0.6 is 0 Å². The van der Waals surface area contributed by atoms with E-state index in [-0.39, 0.29) is 0 Å². The highest BCUT2D eigenvalue weighted by Crippen LogP contribution is 2.28. The first-order valence-corrected chi connectivity index (χ1v) is 6.77. The number of rotatable bonds is 0. The topological polar surface area (TPSA) is 54.0 Å². The van der Waals surface area contributed by atoms with Gasteiger partial charge in [-0.25, -0.2) is 9.97 Å². The molecular weight excluding hydrogens is 260 g/mol. The minimum atomic E-state index is 0.598. The van der Waals surface area contributed by atoms with Gasteiger partial charge in [0, 0.05) is 6.20 Å². The first-order valence-electron chi connectivity index (χ1n) is 6.77. The van der Waals surface area contributed by atoms with Crippen molar-refractivity contribution in [3.05, 3.63) is 53.2 Å². The van der Waals surface area contributed by atoms with Crippen LogP contribution in [-0.2, 0) is 0 Å². The van der Waals surface area contributed by atoms with E-state index in [2.05, 4.69) is 17.1 Å². The lowest BCUT2D eigenvalue weighted by atomic mass is 10.1. The lowest BCUT2D eigenvalue weighted by molar-refractivity contribution is 1.15. The number of para-hydroxylation sites is 2. The van der Waals surface area contributed by atoms with Crippen LogP contribution in [0.25, 0.3) is 27.7 Å². The smallest absolute Gasteiger partial charge is 0.165 e. The zero-order valence-corrected chi connectivity index (χ0v) is 11.8. The molecule has 0 fully saturated rings. The molecule has 4 heteroatoms. The minimum Gasteiger partial charge on any atom is -0.298 e. The summed E-state index contributed by atoms with van der Waals surface area (Å²) in [6.45, 7) is 4.06. The Labute approximate surface area is 121 Å². The summed E-state index contributed by atoms with van der Waals surface area (Å²) in [4.78, 5) is 9.36. The van der Waals surface area contributed by atoms with Gasteiger partial charge in [0.15, 0.2) is 5.65 Å². The second-order valence-corrected chi connectivity index (χ2v) is 5.29. The summed E-state index contributed by atoms with van der Waals surface area (Å²) in [5.74, 6) is 0. The van der Waals surface area contributed by atoms with Crippen LogP contribution in [0.3, 0.4) is 0 Å². The summed E-state index contributed by atoms with van der Waals surface area (Å²) in [5.41, 5.74) is 6.76. The highest BCUT2D eigenvalue weighted by Gasteiger charge is 2.17. The standard InChI is InChI=1S/C17H12N4/c1-10-7-11(2)16-12(8-18)15-17(21(16)9-10)20-14-6-4-3-5-13(14)19-15/h3-7,9H,1-2H3. The van der Waals surface area contributed by atoms with E-state index in [0.29, 0.717) is 11.1 Å². The van der Waals surface area contributed by atoms with Crippen molar-refractivity contribution in [1.29, 1.82) is 5.26 Å². The molecule has 3 heterocycles. The second-order valence-electron chi connectivity index (χ2n) is 5.29. The van der Waals surface area contributed by atoms with Gasteiger partial charge in [-0.2, -0.15) is 5.26 Å². The second kappa shape index (κ2) is 4.03. The number of nitrogens with zero attached hydrogens (tertiary/aromatic N) is 4. The van der Waals surface area contributed by atoms with Gasteiger partial charge in [0.1, 0.15) is 17.1 Å². The molecule has 0 radical (unpaired) electrons. The molecule has 3 aromatic heterocycles. The van der Waals surface area contributed by atoms with Crippen molar-refractivity contribution >= 4 is 27.7 Å². The molecular formula is C17H12N4. The third kappa shape index (κ3) is 1.55. The molecule has 1 aromatic carbocycles. The molecule has 0 amide bonds. The molecule has 0 saturated heterocycles. The molecule has 0 unspecified atom stereocenters. The number of nitriles is 1. The number of hydrogen-bond acceptors (Lipinski definition) is 3. The maximum atomic E-state index is 9.56. The third-order valence-corrected chi connectivity index (χ3v) is 3.76. The highest BCUT2D eigenvalue weighted by atomic mass is 15.0. The Morgan fingerprint density at radius 2 is 1.81 bits per heavy atom. The molecule has 0 saturated carbocycles. The molecule has 0 spiro atoms. The molecule has 0 N–H and O–H groups in total. The number of aryl methyl sites for hydroxylation is 2. The fourth-order valence-electron chi connectivity index (χ4n) is 2.93. The zero-order chi connectivity index (χ0) is 14.6. The Morgan fingerprint density at radius 3 is 2.52 bits per heavy atom. The molecule has 4 nitrogen and oxygen atoms in total. The van der Waals surface area contributed by atoms with Crippen molar-refractivity contribution < 1.29 is 0 Å². The van der Waals surface area contributed by atoms with Gasteiger partial charge in [-0.3, -0.25) is 4.40 Å². The summed E-state index contributed by atoms with van der Waals surface area (Å²) in [7, 11) is 0. The van der Waals surface area contributed by atoms with E-state index in [1.54, 1.807) is 0 Å². The number of hydrogen-bond donors (Lipinski definition) is 0.